The van der Waals surface area contributed by atoms with Gasteiger partial charge in [-0.2, -0.15) is 0 Å². The first kappa shape index (κ1) is 17.4. The first-order chi connectivity index (χ1) is 10.1. The van der Waals surface area contributed by atoms with Crippen LogP contribution in [0, 0.1) is 10.1 Å². The molecule has 0 fully saturated rings. The second-order valence-corrected chi connectivity index (χ2v) is 5.67. The summed E-state index contributed by atoms with van der Waals surface area (Å²) in [7, 11) is 0. The monoisotopic (exact) mass is 310 g/mol. The van der Waals surface area contributed by atoms with E-state index in [9.17, 15) is 19.7 Å². The van der Waals surface area contributed by atoms with Crippen molar-refractivity contribution >= 4 is 17.7 Å². The molecule has 8 nitrogen and oxygen atoms in total. The van der Waals surface area contributed by atoms with E-state index >= 15 is 0 Å². The molecule has 2 N–H and O–H groups in total. The summed E-state index contributed by atoms with van der Waals surface area (Å²) in [5.41, 5.74) is -0.463. The Morgan fingerprint density at radius 1 is 1.41 bits per heavy atom. The summed E-state index contributed by atoms with van der Waals surface area (Å²) in [6, 6.07) is 4.35. The molecule has 0 saturated heterocycles. The summed E-state index contributed by atoms with van der Waals surface area (Å²) < 4.78 is 5.00. The van der Waals surface area contributed by atoms with Crippen molar-refractivity contribution in [1.82, 2.24) is 5.32 Å². The molecule has 0 bridgehead atoms. The number of nitrogens with zero attached hydrogens (tertiary/aromatic N) is 1. The van der Waals surface area contributed by atoms with Gasteiger partial charge < -0.3 is 15.2 Å². The molecule has 1 rings (SSSR count). The van der Waals surface area contributed by atoms with Crippen LogP contribution < -0.4 is 5.32 Å². The zero-order chi connectivity index (χ0) is 16.9. The lowest BCUT2D eigenvalue weighted by atomic mass is 10.1. The number of amides is 1. The lowest BCUT2D eigenvalue weighted by Gasteiger charge is -2.22. The summed E-state index contributed by atoms with van der Waals surface area (Å²) in [5.74, 6) is -1.25. The van der Waals surface area contributed by atoms with Gasteiger partial charge in [-0.1, -0.05) is 12.1 Å². The molecule has 0 aromatic heterocycles. The van der Waals surface area contributed by atoms with E-state index < -0.39 is 28.6 Å². The van der Waals surface area contributed by atoms with Crippen LogP contribution in [0.3, 0.4) is 0 Å². The quantitative estimate of drug-likeness (QED) is 0.635. The van der Waals surface area contributed by atoms with Gasteiger partial charge in [0.2, 0.25) is 0 Å². The predicted octanol–water partition coefficient (Wildman–Crippen LogP) is 2.12. The molecule has 22 heavy (non-hydrogen) atoms. The predicted molar refractivity (Wildman–Crippen MR) is 77.6 cm³/mol. The standard InChI is InChI=1S/C14H18N2O6/c1-14(2,3)22-13(19)15-11(12(17)18)8-9-5-4-6-10(7-9)16(20)21/h4-7,11H,8H2,1-3H3,(H,15,19)(H,17,18)/t11-/m1/s1. The number of carboxylic acids is 1. The van der Waals surface area contributed by atoms with Gasteiger partial charge in [0.25, 0.3) is 5.69 Å². The van der Waals surface area contributed by atoms with E-state index in [4.69, 9.17) is 9.84 Å². The fourth-order valence-corrected chi connectivity index (χ4v) is 1.68. The number of ether oxygens (including phenoxy) is 1. The Morgan fingerprint density at radius 2 is 2.05 bits per heavy atom. The lowest BCUT2D eigenvalue weighted by Crippen LogP contribution is -2.44. The maximum absolute atomic E-state index is 11.6. The number of carbonyl (C=O) groups is 2. The van der Waals surface area contributed by atoms with E-state index in [1.807, 2.05) is 0 Å². The van der Waals surface area contributed by atoms with Gasteiger partial charge in [-0.3, -0.25) is 10.1 Å². The number of nitrogens with one attached hydrogen (secondary N) is 1. The fraction of sp³-hybridized carbons (Fsp3) is 0.429. The maximum atomic E-state index is 11.6. The van der Waals surface area contributed by atoms with Crippen molar-refractivity contribution in [1.29, 1.82) is 0 Å². The van der Waals surface area contributed by atoms with Gasteiger partial charge in [0.1, 0.15) is 11.6 Å². The molecule has 0 unspecified atom stereocenters. The lowest BCUT2D eigenvalue weighted by molar-refractivity contribution is -0.384. The van der Waals surface area contributed by atoms with Crippen molar-refractivity contribution < 1.29 is 24.4 Å². The molecule has 0 aliphatic carbocycles. The van der Waals surface area contributed by atoms with Crippen molar-refractivity contribution in [2.24, 2.45) is 0 Å². The Hall–Kier alpha value is -2.64. The number of rotatable bonds is 5. The van der Waals surface area contributed by atoms with E-state index in [2.05, 4.69) is 5.32 Å². The normalized spacial score (nSPS) is 12.3. The number of nitro groups is 1. The molecule has 1 atom stereocenters. The minimum atomic E-state index is -1.25. The first-order valence-electron chi connectivity index (χ1n) is 6.54. The highest BCUT2D eigenvalue weighted by Gasteiger charge is 2.24. The smallest absolute Gasteiger partial charge is 0.408 e. The highest BCUT2D eigenvalue weighted by Crippen LogP contribution is 2.15. The average Bonchev–Trinajstić information content (AvgIpc) is 2.35. The Kier molecular flexibility index (Phi) is 5.44. The molecular weight excluding hydrogens is 292 g/mol. The SMILES string of the molecule is CC(C)(C)OC(=O)N[C@H](Cc1cccc([N+](=O)[O-])c1)C(=O)O. The van der Waals surface area contributed by atoms with Gasteiger partial charge in [0.15, 0.2) is 0 Å². The minimum absolute atomic E-state index is 0.0870. The van der Waals surface area contributed by atoms with Crippen molar-refractivity contribution in [3.05, 3.63) is 39.9 Å². The Bertz CT molecular complexity index is 579. The van der Waals surface area contributed by atoms with Crippen LogP contribution in [0.4, 0.5) is 10.5 Å². The van der Waals surface area contributed by atoms with Crippen molar-refractivity contribution in [2.45, 2.75) is 38.8 Å². The van der Waals surface area contributed by atoms with Crippen LogP contribution in [-0.4, -0.2) is 33.7 Å². The number of non-ortho nitro benzene ring substituents is 1. The number of hydrogen-bond donors (Lipinski definition) is 2. The molecule has 1 amide bonds. The largest absolute Gasteiger partial charge is 0.480 e. The summed E-state index contributed by atoms with van der Waals surface area (Å²) in [4.78, 5) is 33.0. The first-order valence-corrected chi connectivity index (χ1v) is 6.54. The van der Waals surface area contributed by atoms with E-state index in [0.29, 0.717) is 5.56 Å². The summed E-state index contributed by atoms with van der Waals surface area (Å²) in [6.07, 6.45) is -0.943. The molecular formula is C14H18N2O6. The van der Waals surface area contributed by atoms with Crippen molar-refractivity contribution in [3.63, 3.8) is 0 Å². The number of alkyl carbamates (subject to hydrolysis) is 1. The molecule has 0 spiro atoms. The third-order valence-electron chi connectivity index (χ3n) is 2.55. The zero-order valence-electron chi connectivity index (χ0n) is 12.5. The number of carboxylic acid groups (broad SMARTS) is 1. The summed E-state index contributed by atoms with van der Waals surface area (Å²) in [5, 5.41) is 22.1. The van der Waals surface area contributed by atoms with E-state index in [0.717, 1.165) is 0 Å². The number of aliphatic carboxylic acids is 1. The fourth-order valence-electron chi connectivity index (χ4n) is 1.68. The molecule has 120 valence electrons. The van der Waals surface area contributed by atoms with Crippen LogP contribution in [-0.2, 0) is 16.0 Å². The number of hydrogen-bond acceptors (Lipinski definition) is 5. The third kappa shape index (κ3) is 5.78. The average molecular weight is 310 g/mol. The van der Waals surface area contributed by atoms with Crippen molar-refractivity contribution in [2.75, 3.05) is 0 Å². The van der Waals surface area contributed by atoms with Crippen LogP contribution in [0.2, 0.25) is 0 Å². The molecule has 1 aromatic carbocycles. The Morgan fingerprint density at radius 3 is 2.55 bits per heavy atom. The Balaban J connectivity index is 2.81. The maximum Gasteiger partial charge on any atom is 0.408 e. The molecule has 0 aliphatic heterocycles. The van der Waals surface area contributed by atoms with E-state index in [1.54, 1.807) is 26.8 Å². The van der Waals surface area contributed by atoms with Crippen LogP contribution in [0.15, 0.2) is 24.3 Å². The van der Waals surface area contributed by atoms with Crippen LogP contribution >= 0.6 is 0 Å². The van der Waals surface area contributed by atoms with Gasteiger partial charge >= 0.3 is 12.1 Å². The number of carbonyl (C=O) groups excluding carboxylic acids is 1. The molecule has 8 heteroatoms. The van der Waals surface area contributed by atoms with Crippen LogP contribution in [0.1, 0.15) is 26.3 Å². The molecule has 0 aliphatic rings. The Labute approximate surface area is 127 Å². The highest BCUT2D eigenvalue weighted by molar-refractivity contribution is 5.80. The number of nitro benzene ring substituents is 1. The molecule has 0 heterocycles. The zero-order valence-corrected chi connectivity index (χ0v) is 12.5. The van der Waals surface area contributed by atoms with Gasteiger partial charge in [-0.15, -0.1) is 0 Å². The second-order valence-electron chi connectivity index (χ2n) is 5.67. The topological polar surface area (TPSA) is 119 Å². The minimum Gasteiger partial charge on any atom is -0.480 e. The van der Waals surface area contributed by atoms with Crippen molar-refractivity contribution in [3.8, 4) is 0 Å². The molecule has 1 aromatic rings. The van der Waals surface area contributed by atoms with E-state index in [-0.39, 0.29) is 12.1 Å². The van der Waals surface area contributed by atoms with Gasteiger partial charge in [0.05, 0.1) is 4.92 Å². The number of benzene rings is 1. The van der Waals surface area contributed by atoms with Crippen LogP contribution in [0.5, 0.6) is 0 Å². The second kappa shape index (κ2) is 6.88. The van der Waals surface area contributed by atoms with Gasteiger partial charge in [-0.05, 0) is 26.3 Å². The van der Waals surface area contributed by atoms with E-state index in [1.165, 1.54) is 18.2 Å². The van der Waals surface area contributed by atoms with Crippen LogP contribution in [0.25, 0.3) is 0 Å². The summed E-state index contributed by atoms with van der Waals surface area (Å²) >= 11 is 0. The molecule has 0 saturated carbocycles. The van der Waals surface area contributed by atoms with Gasteiger partial charge in [-0.25, -0.2) is 9.59 Å². The third-order valence-corrected chi connectivity index (χ3v) is 2.55. The summed E-state index contributed by atoms with van der Waals surface area (Å²) in [6.45, 7) is 4.97. The van der Waals surface area contributed by atoms with Gasteiger partial charge in [0, 0.05) is 18.6 Å². The highest BCUT2D eigenvalue weighted by atomic mass is 16.6. The molecule has 0 radical (unpaired) electrons.